The van der Waals surface area contributed by atoms with Crippen LogP contribution >= 0.6 is 31.9 Å². The van der Waals surface area contributed by atoms with Crippen LogP contribution in [0.1, 0.15) is 15.9 Å². The van der Waals surface area contributed by atoms with Gasteiger partial charge in [0.25, 0.3) is 5.91 Å². The molecule has 0 saturated carbocycles. The number of nitrogen functional groups attached to an aromatic ring is 1. The summed E-state index contributed by atoms with van der Waals surface area (Å²) in [5, 5.41) is 2.86. The first-order chi connectivity index (χ1) is 9.92. The second-order valence-corrected chi connectivity index (χ2v) is 6.23. The van der Waals surface area contributed by atoms with Crippen molar-refractivity contribution in [1.82, 2.24) is 0 Å². The van der Waals surface area contributed by atoms with Crippen LogP contribution in [-0.4, -0.2) is 13.0 Å². The molecule has 0 fully saturated rings. The van der Waals surface area contributed by atoms with Gasteiger partial charge in [-0.05, 0) is 74.7 Å². The van der Waals surface area contributed by atoms with Crippen molar-refractivity contribution < 1.29 is 9.53 Å². The Morgan fingerprint density at radius 1 is 1.19 bits per heavy atom. The summed E-state index contributed by atoms with van der Waals surface area (Å²) in [6, 6.07) is 8.80. The number of nitrogens with two attached hydrogens (primary N) is 1. The molecule has 6 heteroatoms. The number of ether oxygens (including phenoxy) is 1. The summed E-state index contributed by atoms with van der Waals surface area (Å²) in [5.74, 6) is 0.186. The molecule has 0 atom stereocenters. The van der Waals surface area contributed by atoms with Gasteiger partial charge in [0.05, 0.1) is 18.4 Å². The number of carbonyl (C=O) groups is 1. The maximum atomic E-state index is 12.4. The highest BCUT2D eigenvalue weighted by atomic mass is 79.9. The predicted octanol–water partition coefficient (Wildman–Crippen LogP) is 4.36. The third kappa shape index (κ3) is 3.57. The van der Waals surface area contributed by atoms with Crippen molar-refractivity contribution in [3.05, 3.63) is 50.4 Å². The number of halogens is 2. The summed E-state index contributed by atoms with van der Waals surface area (Å²) in [5.41, 5.74) is 8.37. The quantitative estimate of drug-likeness (QED) is 0.734. The van der Waals surface area contributed by atoms with Gasteiger partial charge in [-0.25, -0.2) is 0 Å². The molecule has 0 aliphatic carbocycles. The molecule has 4 nitrogen and oxygen atoms in total. The Balaban J connectivity index is 2.37. The number of methoxy groups -OCH3 is 1. The van der Waals surface area contributed by atoms with E-state index in [1.165, 1.54) is 7.11 Å². The number of rotatable bonds is 3. The van der Waals surface area contributed by atoms with E-state index in [1.807, 2.05) is 19.1 Å². The number of amides is 1. The minimum absolute atomic E-state index is 0.288. The smallest absolute Gasteiger partial charge is 0.259 e. The van der Waals surface area contributed by atoms with Gasteiger partial charge in [-0.3, -0.25) is 4.79 Å². The van der Waals surface area contributed by atoms with E-state index in [1.54, 1.807) is 18.2 Å². The minimum atomic E-state index is -0.288. The van der Waals surface area contributed by atoms with E-state index in [-0.39, 0.29) is 5.91 Å². The Morgan fingerprint density at radius 2 is 1.81 bits per heavy atom. The van der Waals surface area contributed by atoms with Crippen molar-refractivity contribution in [2.75, 3.05) is 18.2 Å². The first-order valence-corrected chi connectivity index (χ1v) is 7.71. The van der Waals surface area contributed by atoms with Crippen molar-refractivity contribution in [2.24, 2.45) is 0 Å². The first kappa shape index (κ1) is 15.9. The lowest BCUT2D eigenvalue weighted by molar-refractivity contribution is 0.102. The van der Waals surface area contributed by atoms with Gasteiger partial charge in [0, 0.05) is 14.6 Å². The second-order valence-electron chi connectivity index (χ2n) is 4.52. The predicted molar refractivity (Wildman–Crippen MR) is 91.9 cm³/mol. The zero-order chi connectivity index (χ0) is 15.6. The van der Waals surface area contributed by atoms with Gasteiger partial charge >= 0.3 is 0 Å². The molecule has 0 aliphatic rings. The average Bonchev–Trinajstić information content (AvgIpc) is 2.42. The maximum Gasteiger partial charge on any atom is 0.259 e. The Morgan fingerprint density at radius 3 is 2.38 bits per heavy atom. The molecule has 2 rings (SSSR count). The van der Waals surface area contributed by atoms with E-state index >= 15 is 0 Å². The Labute approximate surface area is 139 Å². The lowest BCUT2D eigenvalue weighted by atomic mass is 10.1. The molecule has 0 aliphatic heterocycles. The number of hydrogen-bond acceptors (Lipinski definition) is 3. The topological polar surface area (TPSA) is 64.3 Å². The summed E-state index contributed by atoms with van der Waals surface area (Å²) < 4.78 is 6.79. The summed E-state index contributed by atoms with van der Waals surface area (Å²) in [7, 11) is 1.51. The summed E-state index contributed by atoms with van der Waals surface area (Å²) in [6.07, 6.45) is 0. The maximum absolute atomic E-state index is 12.4. The van der Waals surface area contributed by atoms with Gasteiger partial charge in [0.2, 0.25) is 0 Å². The molecule has 0 bridgehead atoms. The van der Waals surface area contributed by atoms with Crippen molar-refractivity contribution in [3.8, 4) is 5.75 Å². The molecule has 0 radical (unpaired) electrons. The van der Waals surface area contributed by atoms with Crippen LogP contribution in [0.25, 0.3) is 0 Å². The first-order valence-electron chi connectivity index (χ1n) is 6.13. The molecule has 0 saturated heterocycles. The van der Waals surface area contributed by atoms with Gasteiger partial charge in [-0.15, -0.1) is 0 Å². The number of benzene rings is 2. The fraction of sp³-hybridized carbons (Fsp3) is 0.133. The fourth-order valence-corrected chi connectivity index (χ4v) is 3.52. The van der Waals surface area contributed by atoms with Crippen LogP contribution in [0.4, 0.5) is 11.4 Å². The van der Waals surface area contributed by atoms with Gasteiger partial charge in [0.15, 0.2) is 0 Å². The van der Waals surface area contributed by atoms with Crippen molar-refractivity contribution in [3.63, 3.8) is 0 Å². The number of anilines is 2. The van der Waals surface area contributed by atoms with Crippen LogP contribution < -0.4 is 15.8 Å². The Kier molecular flexibility index (Phi) is 4.90. The molecule has 21 heavy (non-hydrogen) atoms. The zero-order valence-electron chi connectivity index (χ0n) is 11.5. The molecule has 3 N–H and O–H groups in total. The lowest BCUT2D eigenvalue weighted by Crippen LogP contribution is -2.14. The molecule has 0 aromatic heterocycles. The highest BCUT2D eigenvalue weighted by Gasteiger charge is 2.16. The highest BCUT2D eigenvalue weighted by Crippen LogP contribution is 2.33. The van der Waals surface area contributed by atoms with Crippen molar-refractivity contribution in [2.45, 2.75) is 6.92 Å². The summed E-state index contributed by atoms with van der Waals surface area (Å²) in [6.45, 7) is 1.97. The van der Waals surface area contributed by atoms with Crippen molar-refractivity contribution in [1.29, 1.82) is 0 Å². The zero-order valence-corrected chi connectivity index (χ0v) is 14.7. The van der Waals surface area contributed by atoms with Gasteiger partial charge in [-0.1, -0.05) is 0 Å². The molecule has 1 amide bonds. The third-order valence-electron chi connectivity index (χ3n) is 2.89. The monoisotopic (exact) mass is 412 g/mol. The van der Waals surface area contributed by atoms with Crippen LogP contribution in [0.3, 0.4) is 0 Å². The van der Waals surface area contributed by atoms with Crippen LogP contribution in [0.2, 0.25) is 0 Å². The number of aryl methyl sites for hydroxylation is 1. The largest absolute Gasteiger partial charge is 0.496 e. The van der Waals surface area contributed by atoms with Crippen LogP contribution in [0, 0.1) is 6.92 Å². The summed E-state index contributed by atoms with van der Waals surface area (Å²) in [4.78, 5) is 12.4. The Hall–Kier alpha value is -1.53. The normalized spacial score (nSPS) is 10.3. The van der Waals surface area contributed by atoms with E-state index < -0.39 is 0 Å². The van der Waals surface area contributed by atoms with Gasteiger partial charge in [0.1, 0.15) is 5.75 Å². The van der Waals surface area contributed by atoms with Gasteiger partial charge in [-0.2, -0.15) is 0 Å². The van der Waals surface area contributed by atoms with Crippen LogP contribution in [0.15, 0.2) is 39.3 Å². The minimum Gasteiger partial charge on any atom is -0.496 e. The molecule has 110 valence electrons. The van der Waals surface area contributed by atoms with Crippen molar-refractivity contribution >= 4 is 49.1 Å². The standard InChI is InChI=1S/C15H14Br2N2O2/c1-8-5-11(16)14(12(17)6-8)19-15(20)10-7-9(18)3-4-13(10)21-2/h3-7H,18H2,1-2H3,(H,19,20). The lowest BCUT2D eigenvalue weighted by Gasteiger charge is -2.13. The number of carbonyl (C=O) groups excluding carboxylic acids is 1. The second kappa shape index (κ2) is 6.49. The van der Waals surface area contributed by atoms with E-state index in [9.17, 15) is 4.79 Å². The molecular weight excluding hydrogens is 400 g/mol. The summed E-state index contributed by atoms with van der Waals surface area (Å²) >= 11 is 6.90. The SMILES string of the molecule is COc1ccc(N)cc1C(=O)Nc1c(Br)cc(C)cc1Br. The highest BCUT2D eigenvalue weighted by molar-refractivity contribution is 9.11. The van der Waals surface area contributed by atoms with E-state index in [0.29, 0.717) is 22.7 Å². The van der Waals surface area contributed by atoms with E-state index in [4.69, 9.17) is 10.5 Å². The molecule has 0 heterocycles. The molecule has 0 unspecified atom stereocenters. The van der Waals surface area contributed by atoms with Gasteiger partial charge < -0.3 is 15.8 Å². The molecule has 2 aromatic carbocycles. The third-order valence-corrected chi connectivity index (χ3v) is 4.14. The van der Waals surface area contributed by atoms with E-state index in [2.05, 4.69) is 37.2 Å². The number of hydrogen-bond donors (Lipinski definition) is 2. The van der Waals surface area contributed by atoms with E-state index in [0.717, 1.165) is 14.5 Å². The van der Waals surface area contributed by atoms with Crippen LogP contribution in [0.5, 0.6) is 5.75 Å². The Bertz CT molecular complexity index is 679. The molecule has 2 aromatic rings. The average molecular weight is 414 g/mol. The molecular formula is C15H14Br2N2O2. The molecule has 0 spiro atoms. The number of nitrogens with one attached hydrogen (secondary N) is 1. The fourth-order valence-electron chi connectivity index (χ4n) is 1.90. The van der Waals surface area contributed by atoms with Crippen LogP contribution in [-0.2, 0) is 0 Å².